The van der Waals surface area contributed by atoms with Crippen molar-refractivity contribution >= 4 is 11.6 Å². The van der Waals surface area contributed by atoms with Crippen LogP contribution in [0.25, 0.3) is 0 Å². The first-order chi connectivity index (χ1) is 12.7. The molecule has 0 aliphatic heterocycles. The topological polar surface area (TPSA) is 34.1 Å². The molecule has 0 N–H and O–H groups in total. The zero-order valence-electron chi connectivity index (χ0n) is 16.8. The Morgan fingerprint density at radius 1 is 0.654 bits per heavy atom. The van der Waals surface area contributed by atoms with Crippen molar-refractivity contribution in [3.8, 4) is 0 Å². The highest BCUT2D eigenvalue weighted by Crippen LogP contribution is 2.13. The van der Waals surface area contributed by atoms with Gasteiger partial charge in [-0.15, -0.1) is 0 Å². The van der Waals surface area contributed by atoms with Crippen LogP contribution in [0, 0.1) is 0 Å². The van der Waals surface area contributed by atoms with E-state index < -0.39 is 0 Å². The van der Waals surface area contributed by atoms with E-state index in [9.17, 15) is 9.59 Å². The Hall–Kier alpha value is -1.44. The third-order valence-electron chi connectivity index (χ3n) is 5.01. The zero-order chi connectivity index (χ0) is 18.9. The summed E-state index contributed by atoms with van der Waals surface area (Å²) in [6, 6.07) is 9.11. The van der Waals surface area contributed by atoms with E-state index in [-0.39, 0.29) is 18.0 Å². The molecule has 0 aromatic heterocycles. The summed E-state index contributed by atoms with van der Waals surface area (Å²) in [5.41, 5.74) is 0.645. The van der Waals surface area contributed by atoms with Gasteiger partial charge in [0.1, 0.15) is 5.78 Å². The lowest BCUT2D eigenvalue weighted by atomic mass is 10.0. The molecule has 0 spiro atoms. The van der Waals surface area contributed by atoms with E-state index in [4.69, 9.17) is 0 Å². The summed E-state index contributed by atoms with van der Waals surface area (Å²) in [4.78, 5) is 23.9. The smallest absolute Gasteiger partial charge is 0.170 e. The van der Waals surface area contributed by atoms with Gasteiger partial charge in [-0.1, -0.05) is 114 Å². The van der Waals surface area contributed by atoms with Crippen LogP contribution in [0.5, 0.6) is 0 Å². The van der Waals surface area contributed by atoms with Crippen LogP contribution in [0.4, 0.5) is 0 Å². The first kappa shape index (κ1) is 22.6. The molecule has 1 aromatic rings. The number of benzene rings is 1. The van der Waals surface area contributed by atoms with Crippen LogP contribution in [0.15, 0.2) is 30.3 Å². The van der Waals surface area contributed by atoms with Gasteiger partial charge >= 0.3 is 0 Å². The van der Waals surface area contributed by atoms with E-state index in [2.05, 4.69) is 6.92 Å². The van der Waals surface area contributed by atoms with Crippen LogP contribution in [0.3, 0.4) is 0 Å². The van der Waals surface area contributed by atoms with Gasteiger partial charge in [0.15, 0.2) is 5.78 Å². The summed E-state index contributed by atoms with van der Waals surface area (Å²) in [6.45, 7) is 2.26. The van der Waals surface area contributed by atoms with Crippen LogP contribution < -0.4 is 0 Å². The molecule has 1 aromatic carbocycles. The summed E-state index contributed by atoms with van der Waals surface area (Å²) < 4.78 is 0. The van der Waals surface area contributed by atoms with Crippen molar-refractivity contribution in [3.63, 3.8) is 0 Å². The lowest BCUT2D eigenvalue weighted by molar-refractivity contribution is -0.118. The molecule has 146 valence electrons. The third kappa shape index (κ3) is 12.0. The molecule has 0 saturated heterocycles. The molecule has 0 aliphatic carbocycles. The van der Waals surface area contributed by atoms with E-state index >= 15 is 0 Å². The predicted octanol–water partition coefficient (Wildman–Crippen LogP) is 7.31. The zero-order valence-corrected chi connectivity index (χ0v) is 16.8. The molecule has 0 radical (unpaired) electrons. The number of unbranched alkanes of at least 4 members (excludes halogenated alkanes) is 12. The van der Waals surface area contributed by atoms with Crippen LogP contribution in [0.2, 0.25) is 0 Å². The van der Waals surface area contributed by atoms with Crippen molar-refractivity contribution in [1.82, 2.24) is 0 Å². The number of ketones is 2. The Bertz CT molecular complexity index is 478. The number of hydrogen-bond acceptors (Lipinski definition) is 2. The van der Waals surface area contributed by atoms with Gasteiger partial charge in [-0.05, 0) is 6.42 Å². The third-order valence-corrected chi connectivity index (χ3v) is 5.01. The SMILES string of the molecule is CCCCCCCCCCCCCCCC(=O)CC(=O)c1ccccc1. The van der Waals surface area contributed by atoms with Crippen molar-refractivity contribution in [3.05, 3.63) is 35.9 Å². The first-order valence-electron chi connectivity index (χ1n) is 10.8. The molecule has 2 nitrogen and oxygen atoms in total. The minimum atomic E-state index is -0.0507. The maximum absolute atomic E-state index is 12.0. The fraction of sp³-hybridized carbons (Fsp3) is 0.667. The molecule has 2 heteroatoms. The largest absolute Gasteiger partial charge is 0.299 e. The summed E-state index contributed by atoms with van der Waals surface area (Å²) >= 11 is 0. The van der Waals surface area contributed by atoms with Crippen molar-refractivity contribution in [2.45, 2.75) is 103 Å². The number of carbonyl (C=O) groups excluding carboxylic acids is 2. The lowest BCUT2D eigenvalue weighted by Gasteiger charge is -2.03. The van der Waals surface area contributed by atoms with Crippen molar-refractivity contribution in [1.29, 1.82) is 0 Å². The Morgan fingerprint density at radius 3 is 1.62 bits per heavy atom. The summed E-state index contributed by atoms with van der Waals surface area (Å²) in [5.74, 6) is 0.0345. The normalized spacial score (nSPS) is 10.8. The Balaban J connectivity index is 1.88. The molecule has 0 saturated carbocycles. The second-order valence-corrected chi connectivity index (χ2v) is 7.50. The van der Waals surface area contributed by atoms with Gasteiger partial charge < -0.3 is 0 Å². The second-order valence-electron chi connectivity index (χ2n) is 7.50. The number of Topliss-reactive ketones (excluding diaryl/α,β-unsaturated/α-hetero) is 2. The van der Waals surface area contributed by atoms with Gasteiger partial charge in [0.25, 0.3) is 0 Å². The molecule has 0 heterocycles. The molecule has 0 unspecified atom stereocenters. The maximum atomic E-state index is 12.0. The minimum absolute atomic E-state index is 0.0507. The van der Waals surface area contributed by atoms with Gasteiger partial charge in [-0.3, -0.25) is 9.59 Å². The minimum Gasteiger partial charge on any atom is -0.299 e. The highest BCUT2D eigenvalue weighted by atomic mass is 16.1. The van der Waals surface area contributed by atoms with Gasteiger partial charge in [0.2, 0.25) is 0 Å². The molecule has 26 heavy (non-hydrogen) atoms. The second kappa shape index (κ2) is 15.8. The van der Waals surface area contributed by atoms with Crippen LogP contribution in [-0.4, -0.2) is 11.6 Å². The molecule has 0 atom stereocenters. The summed E-state index contributed by atoms with van der Waals surface area (Å²) in [5, 5.41) is 0. The van der Waals surface area contributed by atoms with Crippen LogP contribution in [0.1, 0.15) is 114 Å². The molecular formula is C24H38O2. The van der Waals surface area contributed by atoms with Crippen LogP contribution in [-0.2, 0) is 4.79 Å². The fourth-order valence-corrected chi connectivity index (χ4v) is 3.33. The average molecular weight is 359 g/mol. The quantitative estimate of drug-likeness (QED) is 0.166. The monoisotopic (exact) mass is 358 g/mol. The highest BCUT2D eigenvalue weighted by molar-refractivity contribution is 6.07. The fourth-order valence-electron chi connectivity index (χ4n) is 3.33. The van der Waals surface area contributed by atoms with E-state index in [0.717, 1.165) is 12.8 Å². The predicted molar refractivity (Wildman–Crippen MR) is 111 cm³/mol. The lowest BCUT2D eigenvalue weighted by Crippen LogP contribution is -2.07. The van der Waals surface area contributed by atoms with Gasteiger partial charge in [0, 0.05) is 12.0 Å². The molecule has 0 amide bonds. The Morgan fingerprint density at radius 2 is 1.12 bits per heavy atom. The average Bonchev–Trinajstić information content (AvgIpc) is 2.66. The Labute approximate surface area is 160 Å². The first-order valence-corrected chi connectivity index (χ1v) is 10.8. The summed E-state index contributed by atoms with van der Waals surface area (Å²) in [6.07, 6.45) is 17.6. The highest BCUT2D eigenvalue weighted by Gasteiger charge is 2.10. The van der Waals surface area contributed by atoms with Gasteiger partial charge in [-0.2, -0.15) is 0 Å². The van der Waals surface area contributed by atoms with E-state index in [1.807, 2.05) is 18.2 Å². The Kier molecular flexibility index (Phi) is 13.7. The number of hydrogen-bond donors (Lipinski definition) is 0. The van der Waals surface area contributed by atoms with Gasteiger partial charge in [-0.25, -0.2) is 0 Å². The summed E-state index contributed by atoms with van der Waals surface area (Å²) in [7, 11) is 0. The van der Waals surface area contributed by atoms with Crippen molar-refractivity contribution in [2.75, 3.05) is 0 Å². The molecule has 1 rings (SSSR count). The van der Waals surface area contributed by atoms with E-state index in [0.29, 0.717) is 12.0 Å². The number of rotatable bonds is 17. The maximum Gasteiger partial charge on any atom is 0.170 e. The van der Waals surface area contributed by atoms with Crippen molar-refractivity contribution in [2.24, 2.45) is 0 Å². The van der Waals surface area contributed by atoms with E-state index in [1.165, 1.54) is 70.6 Å². The molecule has 0 bridgehead atoms. The number of carbonyl (C=O) groups is 2. The molecule has 0 fully saturated rings. The molecular weight excluding hydrogens is 320 g/mol. The standard InChI is InChI=1S/C24H38O2/c1-2-3-4-5-6-7-8-9-10-11-12-13-17-20-23(25)21-24(26)22-18-15-14-16-19-22/h14-16,18-19H,2-13,17,20-21H2,1H3. The van der Waals surface area contributed by atoms with Gasteiger partial charge in [0.05, 0.1) is 6.42 Å². The van der Waals surface area contributed by atoms with Crippen molar-refractivity contribution < 1.29 is 9.59 Å². The molecule has 0 aliphatic rings. The van der Waals surface area contributed by atoms with E-state index in [1.54, 1.807) is 12.1 Å². The van der Waals surface area contributed by atoms with Crippen LogP contribution >= 0.6 is 0 Å².